The van der Waals surface area contributed by atoms with Crippen molar-refractivity contribution in [1.82, 2.24) is 14.3 Å². The van der Waals surface area contributed by atoms with Crippen LogP contribution in [0.3, 0.4) is 0 Å². The smallest absolute Gasteiger partial charge is 0.257 e. The molecule has 1 aliphatic heterocycles. The molecule has 0 saturated carbocycles. The Morgan fingerprint density at radius 3 is 2.52 bits per heavy atom. The molecule has 162 valence electrons. The van der Waals surface area contributed by atoms with Gasteiger partial charge in [0.25, 0.3) is 5.91 Å². The lowest BCUT2D eigenvalue weighted by molar-refractivity contribution is 0.102. The summed E-state index contributed by atoms with van der Waals surface area (Å²) in [7, 11) is 1.62. The molecule has 0 bridgehead atoms. The van der Waals surface area contributed by atoms with Gasteiger partial charge >= 0.3 is 0 Å². The van der Waals surface area contributed by atoms with E-state index in [0.717, 1.165) is 54.7 Å². The quantitative estimate of drug-likeness (QED) is 0.629. The predicted octanol–water partition coefficient (Wildman–Crippen LogP) is 4.00. The van der Waals surface area contributed by atoms with Gasteiger partial charge in [0.1, 0.15) is 5.75 Å². The maximum Gasteiger partial charge on any atom is 0.257 e. The van der Waals surface area contributed by atoms with Crippen molar-refractivity contribution >= 4 is 28.3 Å². The van der Waals surface area contributed by atoms with Crippen molar-refractivity contribution in [3.8, 4) is 17.1 Å². The van der Waals surface area contributed by atoms with E-state index in [1.54, 1.807) is 7.11 Å². The molecule has 7 nitrogen and oxygen atoms in total. The van der Waals surface area contributed by atoms with Crippen molar-refractivity contribution in [2.24, 2.45) is 0 Å². The minimum Gasteiger partial charge on any atom is -0.497 e. The van der Waals surface area contributed by atoms with Gasteiger partial charge in [0.05, 0.1) is 7.11 Å². The summed E-state index contributed by atoms with van der Waals surface area (Å²) in [6.45, 7) is 8.60. The van der Waals surface area contributed by atoms with E-state index in [2.05, 4.69) is 38.3 Å². The van der Waals surface area contributed by atoms with E-state index in [9.17, 15) is 4.79 Å². The number of amides is 1. The number of rotatable bonds is 6. The van der Waals surface area contributed by atoms with Crippen LogP contribution in [-0.2, 0) is 0 Å². The molecule has 3 aromatic rings. The molecule has 1 aromatic heterocycles. The summed E-state index contributed by atoms with van der Waals surface area (Å²) in [6, 6.07) is 15.9. The third-order valence-corrected chi connectivity index (χ3v) is 6.14. The van der Waals surface area contributed by atoms with E-state index in [-0.39, 0.29) is 5.91 Å². The van der Waals surface area contributed by atoms with Crippen molar-refractivity contribution in [1.29, 1.82) is 0 Å². The second kappa shape index (κ2) is 9.45. The molecule has 8 heteroatoms. The molecule has 31 heavy (non-hydrogen) atoms. The summed E-state index contributed by atoms with van der Waals surface area (Å²) in [6.07, 6.45) is 0. The SMILES string of the molecule is COc1cccc(-c2nsc(NC(=O)c3ccc(N4CCN(C(C)C)CC4)cc3)n2)c1. The lowest BCUT2D eigenvalue weighted by Gasteiger charge is -2.38. The van der Waals surface area contributed by atoms with Crippen LogP contribution in [0.15, 0.2) is 48.5 Å². The van der Waals surface area contributed by atoms with Gasteiger partial charge in [-0.05, 0) is 50.2 Å². The topological polar surface area (TPSA) is 70.6 Å². The van der Waals surface area contributed by atoms with Crippen molar-refractivity contribution in [2.45, 2.75) is 19.9 Å². The standard InChI is InChI=1S/C23H27N5O2S/c1-16(2)27-11-13-28(14-12-27)19-9-7-17(8-10-19)22(29)25-23-24-21(26-31-23)18-5-4-6-20(15-18)30-3/h4-10,15-16H,11-14H2,1-3H3,(H,24,25,26,29). The van der Waals surface area contributed by atoms with Gasteiger partial charge in [0, 0.05) is 60.6 Å². The van der Waals surface area contributed by atoms with Crippen LogP contribution in [0.5, 0.6) is 5.75 Å². The summed E-state index contributed by atoms with van der Waals surface area (Å²) < 4.78 is 9.60. The van der Waals surface area contributed by atoms with Gasteiger partial charge in [-0.3, -0.25) is 15.0 Å². The number of nitrogens with zero attached hydrogens (tertiary/aromatic N) is 4. The maximum atomic E-state index is 12.7. The molecule has 0 aliphatic carbocycles. The van der Waals surface area contributed by atoms with Gasteiger partial charge in [-0.15, -0.1) is 0 Å². The second-order valence-electron chi connectivity index (χ2n) is 7.77. The van der Waals surface area contributed by atoms with Gasteiger partial charge in [0.2, 0.25) is 5.13 Å². The fourth-order valence-corrected chi connectivity index (χ4v) is 4.23. The summed E-state index contributed by atoms with van der Waals surface area (Å²) in [5, 5.41) is 3.32. The first kappa shape index (κ1) is 21.3. The Hall–Kier alpha value is -2.97. The number of carbonyl (C=O) groups excluding carboxylic acids is 1. The molecule has 0 unspecified atom stereocenters. The fourth-order valence-electron chi connectivity index (χ4n) is 3.64. The number of methoxy groups -OCH3 is 1. The molecule has 4 rings (SSSR count). The number of carbonyl (C=O) groups is 1. The molecule has 0 radical (unpaired) electrons. The van der Waals surface area contributed by atoms with E-state index >= 15 is 0 Å². The van der Waals surface area contributed by atoms with Gasteiger partial charge in [-0.1, -0.05) is 12.1 Å². The maximum absolute atomic E-state index is 12.7. The number of hydrogen-bond donors (Lipinski definition) is 1. The van der Waals surface area contributed by atoms with Crippen molar-refractivity contribution in [3.63, 3.8) is 0 Å². The molecule has 0 spiro atoms. The Bertz CT molecular complexity index is 1030. The van der Waals surface area contributed by atoms with E-state index in [1.807, 2.05) is 48.5 Å². The van der Waals surface area contributed by atoms with E-state index in [1.165, 1.54) is 0 Å². The lowest BCUT2D eigenvalue weighted by atomic mass is 10.1. The molecule has 1 amide bonds. The van der Waals surface area contributed by atoms with Gasteiger partial charge in [-0.25, -0.2) is 0 Å². The number of hydrogen-bond acceptors (Lipinski definition) is 7. The Morgan fingerprint density at radius 2 is 1.84 bits per heavy atom. The summed E-state index contributed by atoms with van der Waals surface area (Å²) in [4.78, 5) is 21.9. The van der Waals surface area contributed by atoms with Gasteiger partial charge in [0.15, 0.2) is 5.82 Å². The molecular weight excluding hydrogens is 410 g/mol. The van der Waals surface area contributed by atoms with Crippen LogP contribution in [0.2, 0.25) is 0 Å². The molecular formula is C23H27N5O2S. The Balaban J connectivity index is 1.38. The van der Waals surface area contributed by atoms with Crippen molar-refractivity contribution < 1.29 is 9.53 Å². The second-order valence-corrected chi connectivity index (χ2v) is 8.52. The molecule has 1 fully saturated rings. The van der Waals surface area contributed by atoms with Crippen LogP contribution >= 0.6 is 11.5 Å². The van der Waals surface area contributed by atoms with E-state index in [4.69, 9.17) is 4.74 Å². The molecule has 2 aromatic carbocycles. The van der Waals surface area contributed by atoms with Crippen LogP contribution in [0.1, 0.15) is 24.2 Å². The average Bonchev–Trinajstić information content (AvgIpc) is 3.28. The number of ether oxygens (including phenoxy) is 1. The van der Waals surface area contributed by atoms with Crippen molar-refractivity contribution in [2.75, 3.05) is 43.5 Å². The number of benzene rings is 2. The minimum absolute atomic E-state index is 0.190. The molecule has 1 saturated heterocycles. The zero-order chi connectivity index (χ0) is 21.8. The largest absolute Gasteiger partial charge is 0.497 e. The zero-order valence-electron chi connectivity index (χ0n) is 18.0. The van der Waals surface area contributed by atoms with Crippen LogP contribution < -0.4 is 15.0 Å². The summed E-state index contributed by atoms with van der Waals surface area (Å²) in [5.74, 6) is 1.11. The summed E-state index contributed by atoms with van der Waals surface area (Å²) in [5.41, 5.74) is 2.59. The predicted molar refractivity (Wildman–Crippen MR) is 125 cm³/mol. The average molecular weight is 438 g/mol. The van der Waals surface area contributed by atoms with Crippen LogP contribution in [-0.4, -0.2) is 59.5 Å². The van der Waals surface area contributed by atoms with Crippen LogP contribution in [0.25, 0.3) is 11.4 Å². The first-order valence-electron chi connectivity index (χ1n) is 10.4. The highest BCUT2D eigenvalue weighted by Gasteiger charge is 2.19. The van der Waals surface area contributed by atoms with E-state index in [0.29, 0.717) is 22.6 Å². The molecule has 2 heterocycles. The zero-order valence-corrected chi connectivity index (χ0v) is 18.9. The highest BCUT2D eigenvalue weighted by Crippen LogP contribution is 2.25. The highest BCUT2D eigenvalue weighted by molar-refractivity contribution is 7.10. The summed E-state index contributed by atoms with van der Waals surface area (Å²) >= 11 is 1.16. The number of aromatic nitrogens is 2. The number of piperazine rings is 1. The first-order chi connectivity index (χ1) is 15.0. The van der Waals surface area contributed by atoms with Gasteiger partial charge < -0.3 is 9.64 Å². The first-order valence-corrected chi connectivity index (χ1v) is 11.2. The molecule has 1 aliphatic rings. The third kappa shape index (κ3) is 5.03. The normalized spacial score (nSPS) is 14.6. The minimum atomic E-state index is -0.190. The molecule has 0 atom stereocenters. The lowest BCUT2D eigenvalue weighted by Crippen LogP contribution is -2.48. The fraction of sp³-hybridized carbons (Fsp3) is 0.348. The van der Waals surface area contributed by atoms with Gasteiger partial charge in [-0.2, -0.15) is 9.36 Å². The van der Waals surface area contributed by atoms with Crippen LogP contribution in [0, 0.1) is 0 Å². The Morgan fingerprint density at radius 1 is 1.10 bits per heavy atom. The van der Waals surface area contributed by atoms with Crippen molar-refractivity contribution in [3.05, 3.63) is 54.1 Å². The van der Waals surface area contributed by atoms with Crippen LogP contribution in [0.4, 0.5) is 10.8 Å². The highest BCUT2D eigenvalue weighted by atomic mass is 32.1. The Kier molecular flexibility index (Phi) is 6.48. The number of nitrogens with one attached hydrogen (secondary N) is 1. The number of anilines is 2. The van der Waals surface area contributed by atoms with E-state index < -0.39 is 0 Å². The Labute approximate surface area is 186 Å². The third-order valence-electron chi connectivity index (χ3n) is 5.51. The monoisotopic (exact) mass is 437 g/mol. The molecule has 1 N–H and O–H groups in total.